The fourth-order valence-corrected chi connectivity index (χ4v) is 2.64. The molecule has 1 amide bonds. The third-order valence-corrected chi connectivity index (χ3v) is 4.29. The minimum atomic E-state index is -4.92. The second-order valence-corrected chi connectivity index (χ2v) is 6.55. The molecule has 3 aromatic rings. The van der Waals surface area contributed by atoms with Gasteiger partial charge in [0.05, 0.1) is 27.5 Å². The van der Waals surface area contributed by atoms with E-state index in [1.165, 1.54) is 24.5 Å². The second kappa shape index (κ2) is 8.68. The standard InChI is InChI=1S/C19H11Cl2F3N2O4/c20-13-7-12(18(28)26-10-2-1-5-25-9-10)17(8-14(13)21)29-16-4-3-11(6-15(16)27)30-19(22,23)24/h1-9,27H,(H,26,28). The Morgan fingerprint density at radius 2 is 1.80 bits per heavy atom. The molecule has 0 aliphatic heterocycles. The number of carbonyl (C=O) groups is 1. The van der Waals surface area contributed by atoms with Gasteiger partial charge >= 0.3 is 6.36 Å². The topological polar surface area (TPSA) is 80.7 Å². The number of halogens is 5. The van der Waals surface area contributed by atoms with Gasteiger partial charge < -0.3 is 19.9 Å². The molecule has 0 aliphatic rings. The van der Waals surface area contributed by atoms with Gasteiger partial charge in [0.15, 0.2) is 11.5 Å². The van der Waals surface area contributed by atoms with Crippen LogP contribution in [0, 0.1) is 0 Å². The Kier molecular flexibility index (Phi) is 6.23. The van der Waals surface area contributed by atoms with Gasteiger partial charge in [-0.15, -0.1) is 13.2 Å². The molecule has 0 aliphatic carbocycles. The van der Waals surface area contributed by atoms with Crippen molar-refractivity contribution >= 4 is 34.8 Å². The van der Waals surface area contributed by atoms with Gasteiger partial charge in [-0.05, 0) is 30.3 Å². The van der Waals surface area contributed by atoms with Crippen LogP contribution >= 0.6 is 23.2 Å². The molecule has 6 nitrogen and oxygen atoms in total. The smallest absolute Gasteiger partial charge is 0.504 e. The molecule has 0 atom stereocenters. The Hall–Kier alpha value is -3.17. The summed E-state index contributed by atoms with van der Waals surface area (Å²) in [5.41, 5.74) is 0.360. The molecule has 0 bridgehead atoms. The van der Waals surface area contributed by atoms with Crippen molar-refractivity contribution in [2.45, 2.75) is 6.36 Å². The van der Waals surface area contributed by atoms with Gasteiger partial charge in [-0.1, -0.05) is 23.2 Å². The van der Waals surface area contributed by atoms with Crippen molar-refractivity contribution in [3.05, 3.63) is 70.5 Å². The quantitative estimate of drug-likeness (QED) is 0.487. The average molecular weight is 459 g/mol. The van der Waals surface area contributed by atoms with E-state index >= 15 is 0 Å². The van der Waals surface area contributed by atoms with Crippen LogP contribution in [-0.4, -0.2) is 22.4 Å². The lowest BCUT2D eigenvalue weighted by atomic mass is 10.1. The first-order chi connectivity index (χ1) is 14.1. The molecule has 2 aromatic carbocycles. The highest BCUT2D eigenvalue weighted by Gasteiger charge is 2.31. The van der Waals surface area contributed by atoms with Gasteiger partial charge in [0, 0.05) is 18.3 Å². The number of pyridine rings is 1. The van der Waals surface area contributed by atoms with Crippen molar-refractivity contribution in [2.75, 3.05) is 5.32 Å². The molecular weight excluding hydrogens is 448 g/mol. The molecule has 0 radical (unpaired) electrons. The molecule has 2 N–H and O–H groups in total. The second-order valence-electron chi connectivity index (χ2n) is 5.74. The van der Waals surface area contributed by atoms with E-state index in [0.717, 1.165) is 18.2 Å². The van der Waals surface area contributed by atoms with Crippen molar-refractivity contribution in [3.63, 3.8) is 0 Å². The molecule has 30 heavy (non-hydrogen) atoms. The van der Waals surface area contributed by atoms with Gasteiger partial charge in [-0.2, -0.15) is 0 Å². The summed E-state index contributed by atoms with van der Waals surface area (Å²) >= 11 is 12.0. The summed E-state index contributed by atoms with van der Waals surface area (Å²) in [6, 6.07) is 8.41. The minimum absolute atomic E-state index is 0.0386. The van der Waals surface area contributed by atoms with E-state index in [0.29, 0.717) is 5.69 Å². The molecule has 11 heteroatoms. The zero-order chi connectivity index (χ0) is 21.9. The van der Waals surface area contributed by atoms with E-state index in [9.17, 15) is 23.1 Å². The van der Waals surface area contributed by atoms with E-state index in [2.05, 4.69) is 15.0 Å². The maximum Gasteiger partial charge on any atom is 0.573 e. The summed E-state index contributed by atoms with van der Waals surface area (Å²) < 4.78 is 46.2. The first-order valence-electron chi connectivity index (χ1n) is 8.09. The van der Waals surface area contributed by atoms with Crippen LogP contribution in [0.5, 0.6) is 23.0 Å². The minimum Gasteiger partial charge on any atom is -0.504 e. The predicted octanol–water partition coefficient (Wildman–Crippen LogP) is 6.04. The van der Waals surface area contributed by atoms with Crippen LogP contribution in [0.1, 0.15) is 10.4 Å². The van der Waals surface area contributed by atoms with E-state index in [1.807, 2.05) is 0 Å². The molecule has 0 saturated carbocycles. The number of carbonyl (C=O) groups excluding carboxylic acids is 1. The van der Waals surface area contributed by atoms with Crippen LogP contribution in [0.15, 0.2) is 54.9 Å². The monoisotopic (exact) mass is 458 g/mol. The fraction of sp³-hybridized carbons (Fsp3) is 0.0526. The van der Waals surface area contributed by atoms with Gasteiger partial charge in [0.25, 0.3) is 5.91 Å². The summed E-state index contributed by atoms with van der Waals surface area (Å²) in [7, 11) is 0. The Balaban J connectivity index is 1.90. The van der Waals surface area contributed by atoms with Crippen LogP contribution in [-0.2, 0) is 0 Å². The Morgan fingerprint density at radius 3 is 2.43 bits per heavy atom. The molecule has 156 valence electrons. The van der Waals surface area contributed by atoms with Crippen molar-refractivity contribution in [1.82, 2.24) is 4.98 Å². The number of phenols is 1. The molecule has 0 spiro atoms. The lowest BCUT2D eigenvalue weighted by molar-refractivity contribution is -0.274. The molecule has 0 fully saturated rings. The summed E-state index contributed by atoms with van der Waals surface area (Å²) in [6.45, 7) is 0. The molecule has 1 aromatic heterocycles. The van der Waals surface area contributed by atoms with Gasteiger partial charge in [-0.25, -0.2) is 0 Å². The summed E-state index contributed by atoms with van der Waals surface area (Å²) in [4.78, 5) is 16.5. The number of phenolic OH excluding ortho intramolecular Hbond substituents is 1. The number of nitrogens with zero attached hydrogens (tertiary/aromatic N) is 1. The maximum atomic E-state index is 12.7. The largest absolute Gasteiger partial charge is 0.573 e. The average Bonchev–Trinajstić information content (AvgIpc) is 2.66. The van der Waals surface area contributed by atoms with Gasteiger partial charge in [0.1, 0.15) is 11.5 Å². The third-order valence-electron chi connectivity index (χ3n) is 3.57. The number of hydrogen-bond donors (Lipinski definition) is 2. The van der Waals surface area contributed by atoms with Gasteiger partial charge in [-0.3, -0.25) is 9.78 Å². The Morgan fingerprint density at radius 1 is 1.07 bits per heavy atom. The number of aromatic hydroxyl groups is 1. The van der Waals surface area contributed by atoms with Gasteiger partial charge in [0.2, 0.25) is 0 Å². The molecular formula is C19H11Cl2F3N2O4. The van der Waals surface area contributed by atoms with E-state index in [1.54, 1.807) is 12.1 Å². The summed E-state index contributed by atoms with van der Waals surface area (Å²) in [5.74, 6) is -2.24. The zero-order valence-corrected chi connectivity index (χ0v) is 16.2. The molecule has 3 rings (SSSR count). The Labute approximate surface area is 177 Å². The summed E-state index contributed by atoms with van der Waals surface area (Å²) in [6.07, 6.45) is -1.98. The normalized spacial score (nSPS) is 11.1. The molecule has 0 unspecified atom stereocenters. The number of benzene rings is 2. The van der Waals surface area contributed by atoms with Crippen molar-refractivity contribution in [1.29, 1.82) is 0 Å². The van der Waals surface area contributed by atoms with Crippen LogP contribution in [0.3, 0.4) is 0 Å². The molecule has 1 heterocycles. The van der Waals surface area contributed by atoms with Crippen LogP contribution in [0.2, 0.25) is 10.0 Å². The number of anilines is 1. The lowest BCUT2D eigenvalue weighted by Crippen LogP contribution is -2.17. The number of ether oxygens (including phenoxy) is 2. The number of nitrogens with one attached hydrogen (secondary N) is 1. The fourth-order valence-electron chi connectivity index (χ4n) is 2.32. The van der Waals surface area contributed by atoms with Crippen LogP contribution in [0.25, 0.3) is 0 Å². The predicted molar refractivity (Wildman–Crippen MR) is 104 cm³/mol. The zero-order valence-electron chi connectivity index (χ0n) is 14.7. The number of rotatable bonds is 5. The first kappa shape index (κ1) is 21.5. The summed E-state index contributed by atoms with van der Waals surface area (Å²) in [5, 5.41) is 12.7. The molecule has 0 saturated heterocycles. The van der Waals surface area contributed by atoms with Crippen molar-refractivity contribution < 1.29 is 32.5 Å². The van der Waals surface area contributed by atoms with Crippen molar-refractivity contribution in [2.24, 2.45) is 0 Å². The van der Waals surface area contributed by atoms with Crippen molar-refractivity contribution in [3.8, 4) is 23.0 Å². The maximum absolute atomic E-state index is 12.7. The SMILES string of the molecule is O=C(Nc1cccnc1)c1cc(Cl)c(Cl)cc1Oc1ccc(OC(F)(F)F)cc1O. The number of hydrogen-bond acceptors (Lipinski definition) is 5. The van der Waals surface area contributed by atoms with Crippen LogP contribution < -0.4 is 14.8 Å². The lowest BCUT2D eigenvalue weighted by Gasteiger charge is -2.15. The van der Waals surface area contributed by atoms with E-state index < -0.39 is 23.8 Å². The Bertz CT molecular complexity index is 1080. The highest BCUT2D eigenvalue weighted by atomic mass is 35.5. The highest BCUT2D eigenvalue weighted by molar-refractivity contribution is 6.42. The van der Waals surface area contributed by atoms with E-state index in [-0.39, 0.29) is 27.1 Å². The van der Waals surface area contributed by atoms with E-state index in [4.69, 9.17) is 27.9 Å². The first-order valence-corrected chi connectivity index (χ1v) is 8.85. The third kappa shape index (κ3) is 5.46. The highest BCUT2D eigenvalue weighted by Crippen LogP contribution is 2.39. The number of amides is 1. The number of alkyl halides is 3. The van der Waals surface area contributed by atoms with Crippen LogP contribution in [0.4, 0.5) is 18.9 Å². The number of aromatic nitrogens is 1.